The molecule has 0 saturated carbocycles. The average molecular weight is 267 g/mol. The van der Waals surface area contributed by atoms with Crippen molar-refractivity contribution in [2.75, 3.05) is 0 Å². The Labute approximate surface area is 123 Å². The van der Waals surface area contributed by atoms with E-state index in [0.29, 0.717) is 0 Å². The zero-order valence-electron chi connectivity index (χ0n) is 12.6. The second-order valence-electron chi connectivity index (χ2n) is 4.36. The van der Waals surface area contributed by atoms with Crippen LogP contribution in [0, 0.1) is 5.92 Å². The van der Waals surface area contributed by atoms with Crippen LogP contribution in [0.5, 0.6) is 0 Å². The van der Waals surface area contributed by atoms with Gasteiger partial charge in [-0.15, -0.1) is 0 Å². The van der Waals surface area contributed by atoms with E-state index >= 15 is 0 Å². The number of rotatable bonds is 0. The first-order valence-corrected chi connectivity index (χ1v) is 7.37. The van der Waals surface area contributed by atoms with Crippen molar-refractivity contribution < 1.29 is 0 Å². The molecule has 0 aliphatic heterocycles. The third-order valence-corrected chi connectivity index (χ3v) is 3.50. The summed E-state index contributed by atoms with van der Waals surface area (Å²) in [6, 6.07) is 8.95. The van der Waals surface area contributed by atoms with Crippen molar-refractivity contribution in [1.29, 1.82) is 0 Å². The molecule has 1 aliphatic rings. The van der Waals surface area contributed by atoms with Gasteiger partial charge < -0.3 is 0 Å². The van der Waals surface area contributed by atoms with Crippen LogP contribution in [-0.2, 0) is 6.42 Å². The van der Waals surface area contributed by atoms with Gasteiger partial charge in [-0.05, 0) is 42.2 Å². The molecular weight excluding hydrogens is 228 g/mol. The van der Waals surface area contributed by atoms with E-state index in [4.69, 9.17) is 0 Å². The van der Waals surface area contributed by atoms with Gasteiger partial charge in [0.05, 0.1) is 0 Å². The maximum absolute atomic E-state index is 2.38. The van der Waals surface area contributed by atoms with Gasteiger partial charge in [-0.2, -0.15) is 0 Å². The molecule has 0 fully saturated rings. The lowest BCUT2D eigenvalue weighted by Gasteiger charge is -2.18. The molecule has 0 aromatic heterocycles. The lowest BCUT2D eigenvalue weighted by Crippen LogP contribution is -2.04. The number of hydrogen-bond donors (Lipinski definition) is 0. The van der Waals surface area contributed by atoms with Crippen molar-refractivity contribution >= 4 is 0 Å². The topological polar surface area (TPSA) is 0 Å². The molecule has 0 heteroatoms. The molecule has 2 unspecified atom stereocenters. The van der Waals surface area contributed by atoms with Crippen LogP contribution in [0.2, 0.25) is 0 Å². The molecule has 2 atom stereocenters. The Hall–Kier alpha value is -0.780. The lowest BCUT2D eigenvalue weighted by molar-refractivity contribution is 0.455. The van der Waals surface area contributed by atoms with Crippen LogP contribution in [0.25, 0.3) is 0 Å². The van der Waals surface area contributed by atoms with Gasteiger partial charge in [0, 0.05) is 0 Å². The van der Waals surface area contributed by atoms with Gasteiger partial charge in [-0.1, -0.05) is 80.7 Å². The van der Waals surface area contributed by atoms with Gasteiger partial charge in [-0.25, -0.2) is 0 Å². The highest BCUT2D eigenvalue weighted by Crippen LogP contribution is 2.33. The average Bonchev–Trinajstić information content (AvgIpc) is 2.56. The Morgan fingerprint density at radius 1 is 0.895 bits per heavy atom. The minimum absolute atomic E-state index is 0. The Morgan fingerprint density at radius 3 is 2.00 bits per heavy atom. The Morgan fingerprint density at radius 2 is 1.42 bits per heavy atom. The predicted molar refractivity (Wildman–Crippen MR) is 93.1 cm³/mol. The first-order chi connectivity index (χ1) is 8.29. The second kappa shape index (κ2) is 13.6. The van der Waals surface area contributed by atoms with E-state index in [1.54, 1.807) is 11.1 Å². The van der Waals surface area contributed by atoms with Crippen LogP contribution < -0.4 is 0 Å². The largest absolute Gasteiger partial charge is 0.0776 e. The summed E-state index contributed by atoms with van der Waals surface area (Å²) in [4.78, 5) is 0. The van der Waals surface area contributed by atoms with Crippen LogP contribution in [-0.4, -0.2) is 0 Å². The zero-order chi connectivity index (χ0) is 13.3. The van der Waals surface area contributed by atoms with E-state index in [1.165, 1.54) is 19.3 Å². The van der Waals surface area contributed by atoms with E-state index in [0.717, 1.165) is 11.8 Å². The maximum atomic E-state index is 2.38. The highest BCUT2D eigenvalue weighted by molar-refractivity contribution is 5.31. The van der Waals surface area contributed by atoms with Crippen molar-refractivity contribution in [2.24, 2.45) is 5.92 Å². The third kappa shape index (κ3) is 6.80. The summed E-state index contributed by atoms with van der Waals surface area (Å²) in [6.45, 7) is 12.8. The fourth-order valence-corrected chi connectivity index (χ4v) is 2.38. The quantitative estimate of drug-likeness (QED) is 0.440. The first kappa shape index (κ1) is 23.3. The number of fused-ring (bicyclic) bond motifs is 1. The third-order valence-electron chi connectivity index (χ3n) is 3.50. The van der Waals surface area contributed by atoms with Crippen LogP contribution >= 0.6 is 0 Å². The van der Waals surface area contributed by atoms with Crippen molar-refractivity contribution in [2.45, 2.75) is 81.6 Å². The van der Waals surface area contributed by atoms with Gasteiger partial charge in [0.25, 0.3) is 0 Å². The van der Waals surface area contributed by atoms with E-state index < -0.39 is 0 Å². The second-order valence-corrected chi connectivity index (χ2v) is 4.36. The molecule has 0 heterocycles. The normalized spacial score (nSPS) is 19.7. The molecule has 0 bridgehead atoms. The number of hydrogen-bond acceptors (Lipinski definition) is 0. The molecule has 0 saturated heterocycles. The number of aryl methyl sites for hydroxylation is 1. The predicted octanol–water partition coefficient (Wildman–Crippen LogP) is 7.09. The Balaban J connectivity index is -0.000000392. The summed E-state index contributed by atoms with van der Waals surface area (Å²) >= 11 is 0. The molecule has 1 aliphatic carbocycles. The summed E-state index contributed by atoms with van der Waals surface area (Å²) < 4.78 is 0. The van der Waals surface area contributed by atoms with Crippen molar-refractivity contribution in [3.63, 3.8) is 0 Å². The number of benzene rings is 1. The lowest BCUT2D eigenvalue weighted by atomic mass is 9.87. The van der Waals surface area contributed by atoms with Gasteiger partial charge >= 0.3 is 0 Å². The highest BCUT2D eigenvalue weighted by atomic mass is 14.2. The zero-order valence-corrected chi connectivity index (χ0v) is 12.6. The van der Waals surface area contributed by atoms with Crippen LogP contribution in [0.3, 0.4) is 0 Å². The van der Waals surface area contributed by atoms with E-state index in [9.17, 15) is 0 Å². The van der Waals surface area contributed by atoms with Crippen LogP contribution in [0.4, 0.5) is 0 Å². The SMILES string of the molecule is C.C.CC.CC.CC1CCCc2ccccc2C1C. The van der Waals surface area contributed by atoms with Crippen LogP contribution in [0.15, 0.2) is 24.3 Å². The molecule has 114 valence electrons. The molecule has 2 rings (SSSR count). The minimum atomic E-state index is 0. The molecule has 0 amide bonds. The first-order valence-electron chi connectivity index (χ1n) is 7.37. The smallest absolute Gasteiger partial charge is 0.0162 e. The molecule has 0 radical (unpaired) electrons. The fourth-order valence-electron chi connectivity index (χ4n) is 2.38. The maximum Gasteiger partial charge on any atom is -0.0162 e. The summed E-state index contributed by atoms with van der Waals surface area (Å²) in [5.74, 6) is 1.60. The molecular formula is C19H38. The summed E-state index contributed by atoms with van der Waals surface area (Å²) in [7, 11) is 0. The molecule has 1 aromatic rings. The standard InChI is InChI=1S/C13H18.2C2H6.2CH4/c1-10-6-5-8-12-7-3-4-9-13(12)11(10)2;2*1-2;;/h3-4,7,9-11H,5-6,8H2,1-2H3;2*1-2H3;2*1H4. The van der Waals surface area contributed by atoms with E-state index in [-0.39, 0.29) is 14.9 Å². The summed E-state index contributed by atoms with van der Waals surface area (Å²) in [5.41, 5.74) is 3.17. The van der Waals surface area contributed by atoms with Gasteiger partial charge in [-0.3, -0.25) is 0 Å². The molecule has 1 aromatic carbocycles. The summed E-state index contributed by atoms with van der Waals surface area (Å²) in [5, 5.41) is 0. The van der Waals surface area contributed by atoms with Crippen LogP contribution in [0.1, 0.15) is 86.3 Å². The Bertz CT molecular complexity index is 288. The van der Waals surface area contributed by atoms with Gasteiger partial charge in [0.15, 0.2) is 0 Å². The summed E-state index contributed by atoms with van der Waals surface area (Å²) in [6.07, 6.45) is 4.03. The van der Waals surface area contributed by atoms with Gasteiger partial charge in [0.2, 0.25) is 0 Å². The van der Waals surface area contributed by atoms with Crippen molar-refractivity contribution in [3.8, 4) is 0 Å². The molecule has 0 N–H and O–H groups in total. The fraction of sp³-hybridized carbons (Fsp3) is 0.684. The molecule has 0 nitrogen and oxygen atoms in total. The highest BCUT2D eigenvalue weighted by Gasteiger charge is 2.19. The van der Waals surface area contributed by atoms with E-state index in [2.05, 4.69) is 38.1 Å². The van der Waals surface area contributed by atoms with Crippen molar-refractivity contribution in [3.05, 3.63) is 35.4 Å². The van der Waals surface area contributed by atoms with Gasteiger partial charge in [0.1, 0.15) is 0 Å². The van der Waals surface area contributed by atoms with Crippen molar-refractivity contribution in [1.82, 2.24) is 0 Å². The minimum Gasteiger partial charge on any atom is -0.0776 e. The monoisotopic (exact) mass is 266 g/mol. The molecule has 19 heavy (non-hydrogen) atoms. The van der Waals surface area contributed by atoms with E-state index in [1.807, 2.05) is 27.7 Å². The molecule has 0 spiro atoms. The Kier molecular flexibility index (Phi) is 16.8.